The van der Waals surface area contributed by atoms with E-state index in [1.807, 2.05) is 84.9 Å². The van der Waals surface area contributed by atoms with Gasteiger partial charge in [-0.15, -0.1) is 0 Å². The normalized spacial score (nSPS) is 12.4. The van der Waals surface area contributed by atoms with Crippen molar-refractivity contribution in [1.82, 2.24) is 0 Å². The molecular formula is C26H22OS2. The Kier molecular flexibility index (Phi) is 6.40. The molecule has 4 rings (SSSR count). The van der Waals surface area contributed by atoms with Gasteiger partial charge in [0.25, 0.3) is 0 Å². The minimum atomic E-state index is -0.707. The molecule has 0 fully saturated rings. The average Bonchev–Trinajstić information content (AvgIpc) is 2.80. The van der Waals surface area contributed by atoms with Gasteiger partial charge in [0.05, 0.1) is 0 Å². The van der Waals surface area contributed by atoms with E-state index >= 15 is 0 Å². The van der Waals surface area contributed by atoms with Crippen LogP contribution in [0.5, 0.6) is 0 Å². The zero-order chi connectivity index (χ0) is 19.9. The summed E-state index contributed by atoms with van der Waals surface area (Å²) in [5.74, 6) is 0. The third-order valence-corrected chi connectivity index (χ3v) is 7.72. The van der Waals surface area contributed by atoms with E-state index in [0.29, 0.717) is 0 Å². The molecule has 4 aromatic rings. The highest BCUT2D eigenvalue weighted by Crippen LogP contribution is 2.59. The summed E-state index contributed by atoms with van der Waals surface area (Å²) in [5, 5.41) is 11.8. The summed E-state index contributed by atoms with van der Waals surface area (Å²) in [7, 11) is 0. The molecule has 0 saturated carbocycles. The molecule has 0 aromatic heterocycles. The van der Waals surface area contributed by atoms with Crippen molar-refractivity contribution in [3.05, 3.63) is 132 Å². The Labute approximate surface area is 180 Å². The molecule has 1 atom stereocenters. The largest absolute Gasteiger partial charge is 0.386 e. The lowest BCUT2D eigenvalue weighted by molar-refractivity contribution is 0.163. The van der Waals surface area contributed by atoms with Gasteiger partial charge in [0.1, 0.15) is 10.2 Å². The van der Waals surface area contributed by atoms with Gasteiger partial charge in [0.15, 0.2) is 0 Å². The molecule has 0 bridgehead atoms. The number of aliphatic hydroxyl groups excluding tert-OH is 1. The molecule has 4 aromatic carbocycles. The van der Waals surface area contributed by atoms with Crippen LogP contribution in [0, 0.1) is 0 Å². The molecule has 0 aliphatic rings. The van der Waals surface area contributed by atoms with Crippen LogP contribution in [-0.4, -0.2) is 5.11 Å². The molecule has 1 nitrogen and oxygen atoms in total. The van der Waals surface area contributed by atoms with Crippen LogP contribution in [-0.2, 0) is 4.08 Å². The molecule has 29 heavy (non-hydrogen) atoms. The van der Waals surface area contributed by atoms with Crippen LogP contribution in [0.15, 0.2) is 131 Å². The van der Waals surface area contributed by atoms with Crippen molar-refractivity contribution in [3.8, 4) is 0 Å². The molecule has 0 spiro atoms. The van der Waals surface area contributed by atoms with Crippen LogP contribution >= 0.6 is 23.5 Å². The van der Waals surface area contributed by atoms with E-state index in [0.717, 1.165) is 20.9 Å². The summed E-state index contributed by atoms with van der Waals surface area (Å²) in [6.07, 6.45) is -0.707. The first-order valence-electron chi connectivity index (χ1n) is 9.54. The summed E-state index contributed by atoms with van der Waals surface area (Å²) in [6, 6.07) is 40.9. The van der Waals surface area contributed by atoms with Gasteiger partial charge in [-0.05, 0) is 35.4 Å². The summed E-state index contributed by atoms with van der Waals surface area (Å²) < 4.78 is -0.648. The summed E-state index contributed by atoms with van der Waals surface area (Å²) in [5.41, 5.74) is 1.99. The van der Waals surface area contributed by atoms with Gasteiger partial charge in [-0.25, -0.2) is 0 Å². The van der Waals surface area contributed by atoms with Gasteiger partial charge < -0.3 is 5.11 Å². The highest BCUT2D eigenvalue weighted by Gasteiger charge is 2.43. The van der Waals surface area contributed by atoms with Gasteiger partial charge >= 0.3 is 0 Å². The number of aliphatic hydroxyl groups is 1. The van der Waals surface area contributed by atoms with E-state index in [9.17, 15) is 5.11 Å². The Bertz CT molecular complexity index is 964. The molecule has 0 radical (unpaired) electrons. The Balaban J connectivity index is 1.88. The monoisotopic (exact) mass is 414 g/mol. The fourth-order valence-corrected chi connectivity index (χ4v) is 6.29. The number of thioether (sulfide) groups is 2. The molecule has 0 saturated heterocycles. The molecule has 0 aliphatic carbocycles. The second-order valence-corrected chi connectivity index (χ2v) is 9.57. The average molecular weight is 415 g/mol. The van der Waals surface area contributed by atoms with Crippen molar-refractivity contribution in [2.75, 3.05) is 0 Å². The van der Waals surface area contributed by atoms with Gasteiger partial charge in [-0.2, -0.15) is 0 Å². The molecule has 0 heterocycles. The minimum absolute atomic E-state index is 0.648. The van der Waals surface area contributed by atoms with E-state index in [2.05, 4.69) is 36.4 Å². The second kappa shape index (κ2) is 9.36. The van der Waals surface area contributed by atoms with Crippen LogP contribution < -0.4 is 0 Å². The van der Waals surface area contributed by atoms with Gasteiger partial charge in [0, 0.05) is 9.79 Å². The van der Waals surface area contributed by atoms with E-state index in [-0.39, 0.29) is 0 Å². The molecule has 0 amide bonds. The van der Waals surface area contributed by atoms with Gasteiger partial charge in [0.2, 0.25) is 0 Å². The molecule has 0 aliphatic heterocycles. The van der Waals surface area contributed by atoms with Crippen molar-refractivity contribution in [2.24, 2.45) is 0 Å². The quantitative estimate of drug-likeness (QED) is 0.256. The first kappa shape index (κ1) is 19.8. The highest BCUT2D eigenvalue weighted by molar-refractivity contribution is 8.17. The molecule has 1 N–H and O–H groups in total. The van der Waals surface area contributed by atoms with Crippen LogP contribution in [0.3, 0.4) is 0 Å². The lowest BCUT2D eigenvalue weighted by atomic mass is 10.00. The summed E-state index contributed by atoms with van der Waals surface area (Å²) >= 11 is 3.40. The molecular weight excluding hydrogens is 392 g/mol. The number of hydrogen-bond donors (Lipinski definition) is 1. The van der Waals surface area contributed by atoms with E-state index < -0.39 is 10.2 Å². The fourth-order valence-electron chi connectivity index (χ4n) is 3.26. The number of hydrogen-bond acceptors (Lipinski definition) is 3. The maximum Gasteiger partial charge on any atom is 0.125 e. The van der Waals surface area contributed by atoms with Gasteiger partial charge in [-0.1, -0.05) is 121 Å². The zero-order valence-electron chi connectivity index (χ0n) is 15.9. The maximum absolute atomic E-state index is 11.8. The standard InChI is InChI=1S/C26H22OS2/c27-25(21-13-5-1-6-14-21)26(22-15-7-2-8-16-22,28-23-17-9-3-10-18-23)29-24-19-11-4-12-20-24/h1-20,25,27H. The number of benzene rings is 4. The summed E-state index contributed by atoms with van der Waals surface area (Å²) in [4.78, 5) is 2.24. The smallest absolute Gasteiger partial charge is 0.125 e. The zero-order valence-corrected chi connectivity index (χ0v) is 17.5. The Morgan fingerprint density at radius 3 is 1.34 bits per heavy atom. The van der Waals surface area contributed by atoms with E-state index in [1.54, 1.807) is 23.5 Å². The SMILES string of the molecule is OC(c1ccccc1)C(Sc1ccccc1)(Sc1ccccc1)c1ccccc1. The minimum Gasteiger partial charge on any atom is -0.386 e. The fraction of sp³-hybridized carbons (Fsp3) is 0.0769. The Hall–Kier alpha value is -2.46. The van der Waals surface area contributed by atoms with E-state index in [4.69, 9.17) is 0 Å². The van der Waals surface area contributed by atoms with Crippen molar-refractivity contribution < 1.29 is 5.11 Å². The first-order chi connectivity index (χ1) is 14.3. The predicted molar refractivity (Wildman–Crippen MR) is 124 cm³/mol. The Morgan fingerprint density at radius 2 is 0.897 bits per heavy atom. The van der Waals surface area contributed by atoms with Crippen LogP contribution in [0.2, 0.25) is 0 Å². The lowest BCUT2D eigenvalue weighted by Gasteiger charge is -2.38. The molecule has 144 valence electrons. The van der Waals surface area contributed by atoms with Crippen LogP contribution in [0.1, 0.15) is 17.2 Å². The summed E-state index contributed by atoms with van der Waals surface area (Å²) in [6.45, 7) is 0. The molecule has 1 unspecified atom stereocenters. The molecule has 3 heteroatoms. The van der Waals surface area contributed by atoms with Crippen LogP contribution in [0.4, 0.5) is 0 Å². The highest BCUT2D eigenvalue weighted by atomic mass is 32.2. The topological polar surface area (TPSA) is 20.2 Å². The van der Waals surface area contributed by atoms with Gasteiger partial charge in [-0.3, -0.25) is 0 Å². The van der Waals surface area contributed by atoms with Crippen LogP contribution in [0.25, 0.3) is 0 Å². The third-order valence-electron chi connectivity index (χ3n) is 4.68. The predicted octanol–water partition coefficient (Wildman–Crippen LogP) is 7.16. The van der Waals surface area contributed by atoms with Crippen molar-refractivity contribution in [3.63, 3.8) is 0 Å². The maximum atomic E-state index is 11.8. The first-order valence-corrected chi connectivity index (χ1v) is 11.2. The van der Waals surface area contributed by atoms with E-state index in [1.165, 1.54) is 0 Å². The number of rotatable bonds is 7. The Morgan fingerprint density at radius 1 is 0.517 bits per heavy atom. The van der Waals surface area contributed by atoms with Crippen molar-refractivity contribution in [2.45, 2.75) is 20.0 Å². The van der Waals surface area contributed by atoms with Crippen molar-refractivity contribution >= 4 is 23.5 Å². The second-order valence-electron chi connectivity index (χ2n) is 6.68. The lowest BCUT2D eigenvalue weighted by Crippen LogP contribution is -2.27. The third kappa shape index (κ3) is 4.59. The van der Waals surface area contributed by atoms with Crippen molar-refractivity contribution in [1.29, 1.82) is 0 Å².